The second kappa shape index (κ2) is 7.26. The van der Waals surface area contributed by atoms with Crippen molar-refractivity contribution in [3.05, 3.63) is 0 Å². The molecular weight excluding hydrogens is 248 g/mol. The summed E-state index contributed by atoms with van der Waals surface area (Å²) in [6.07, 6.45) is 1.42. The number of esters is 2. The van der Waals surface area contributed by atoms with Gasteiger partial charge in [0.2, 0.25) is 0 Å². The third-order valence-electron chi connectivity index (χ3n) is 1.94. The summed E-state index contributed by atoms with van der Waals surface area (Å²) < 4.78 is 31.5. The van der Waals surface area contributed by atoms with Crippen LogP contribution in [0.15, 0.2) is 0 Å². The molecule has 0 rings (SSSR count). The molecule has 0 aromatic heterocycles. The van der Waals surface area contributed by atoms with Gasteiger partial charge in [0.05, 0.1) is 19.0 Å². The molecule has 0 unspecified atom stereocenters. The van der Waals surface area contributed by atoms with Crippen molar-refractivity contribution in [1.82, 2.24) is 0 Å². The normalized spacial score (nSPS) is 11.3. The Morgan fingerprint density at radius 1 is 1.06 bits per heavy atom. The van der Waals surface area contributed by atoms with Gasteiger partial charge in [-0.25, -0.2) is 8.42 Å². The average molecular weight is 266 g/mol. The lowest BCUT2D eigenvalue weighted by Gasteiger charge is -2.15. The van der Waals surface area contributed by atoms with Crippen molar-refractivity contribution in [2.45, 2.75) is 20.3 Å². The second-order valence-electron chi connectivity index (χ2n) is 3.89. The zero-order chi connectivity index (χ0) is 13.5. The lowest BCUT2D eigenvalue weighted by Crippen LogP contribution is -2.22. The van der Waals surface area contributed by atoms with E-state index in [0.29, 0.717) is 6.42 Å². The fourth-order valence-electron chi connectivity index (χ4n) is 1.07. The largest absolute Gasteiger partial charge is 0.465 e. The van der Waals surface area contributed by atoms with Crippen LogP contribution in [0.5, 0.6) is 0 Å². The number of carbonyl (C=O) groups excluding carboxylic acids is 2. The zero-order valence-electron chi connectivity index (χ0n) is 10.3. The van der Waals surface area contributed by atoms with Gasteiger partial charge in [-0.3, -0.25) is 9.59 Å². The van der Waals surface area contributed by atoms with Crippen molar-refractivity contribution >= 4 is 21.8 Å². The number of rotatable bonds is 7. The first-order valence-corrected chi connectivity index (χ1v) is 7.21. The van der Waals surface area contributed by atoms with Crippen LogP contribution >= 0.6 is 0 Å². The molecular formula is C10H18O6S. The molecule has 0 aliphatic rings. The number of sulfone groups is 1. The van der Waals surface area contributed by atoms with Gasteiger partial charge < -0.3 is 9.47 Å². The van der Waals surface area contributed by atoms with Crippen LogP contribution in [-0.4, -0.2) is 45.6 Å². The van der Waals surface area contributed by atoms with E-state index in [0.717, 1.165) is 6.26 Å². The smallest absolute Gasteiger partial charge is 0.302 e. The molecule has 0 heterocycles. The maximum absolute atomic E-state index is 11.0. The molecule has 0 amide bonds. The highest BCUT2D eigenvalue weighted by atomic mass is 32.2. The molecule has 0 fully saturated rings. The monoisotopic (exact) mass is 266 g/mol. The fourth-order valence-corrected chi connectivity index (χ4v) is 1.83. The molecule has 0 aromatic rings. The molecule has 0 aromatic carbocycles. The first-order valence-electron chi connectivity index (χ1n) is 5.15. The highest BCUT2D eigenvalue weighted by Crippen LogP contribution is 2.07. The summed E-state index contributed by atoms with van der Waals surface area (Å²) in [4.78, 5) is 21.3. The van der Waals surface area contributed by atoms with E-state index in [1.165, 1.54) is 13.8 Å². The van der Waals surface area contributed by atoms with Gasteiger partial charge in [0.25, 0.3) is 0 Å². The van der Waals surface area contributed by atoms with Crippen molar-refractivity contribution in [1.29, 1.82) is 0 Å². The molecule has 7 heteroatoms. The van der Waals surface area contributed by atoms with Crippen molar-refractivity contribution in [2.75, 3.05) is 25.2 Å². The summed E-state index contributed by atoms with van der Waals surface area (Å²) in [7, 11) is -3.08. The topological polar surface area (TPSA) is 86.7 Å². The van der Waals surface area contributed by atoms with E-state index in [1.807, 2.05) is 0 Å². The molecule has 0 aliphatic heterocycles. The van der Waals surface area contributed by atoms with E-state index in [9.17, 15) is 18.0 Å². The first-order chi connectivity index (χ1) is 7.70. The van der Waals surface area contributed by atoms with Crippen LogP contribution in [0.25, 0.3) is 0 Å². The molecule has 0 saturated carbocycles. The van der Waals surface area contributed by atoms with E-state index in [4.69, 9.17) is 9.47 Å². The van der Waals surface area contributed by atoms with Crippen molar-refractivity contribution in [3.8, 4) is 0 Å². The third kappa shape index (κ3) is 11.2. The Hall–Kier alpha value is -1.11. The van der Waals surface area contributed by atoms with Crippen LogP contribution in [-0.2, 0) is 28.9 Å². The molecule has 17 heavy (non-hydrogen) atoms. The minimum absolute atomic E-state index is 0.0276. The Bertz CT molecular complexity index is 341. The van der Waals surface area contributed by atoms with Crippen LogP contribution in [0, 0.1) is 5.92 Å². The number of carbonyl (C=O) groups is 2. The van der Waals surface area contributed by atoms with Crippen LogP contribution in [0.4, 0.5) is 0 Å². The summed E-state index contributed by atoms with van der Waals surface area (Å²) in [5, 5.41) is 0. The standard InChI is InChI=1S/C10H18O6S/c1-8(11)15-6-10(7-16-9(2)12)4-5-17(3,13)14/h10H,4-7H2,1-3H3. The van der Waals surface area contributed by atoms with Crippen molar-refractivity contribution in [2.24, 2.45) is 5.92 Å². The summed E-state index contributed by atoms with van der Waals surface area (Å²) >= 11 is 0. The number of hydrogen-bond acceptors (Lipinski definition) is 6. The minimum atomic E-state index is -3.08. The molecule has 0 bridgehead atoms. The zero-order valence-corrected chi connectivity index (χ0v) is 11.1. The maximum atomic E-state index is 11.0. The van der Waals surface area contributed by atoms with Crippen LogP contribution in [0.1, 0.15) is 20.3 Å². The van der Waals surface area contributed by atoms with E-state index in [-0.39, 0.29) is 24.9 Å². The average Bonchev–Trinajstić information content (AvgIpc) is 2.14. The van der Waals surface area contributed by atoms with E-state index >= 15 is 0 Å². The van der Waals surface area contributed by atoms with Crippen LogP contribution in [0.2, 0.25) is 0 Å². The van der Waals surface area contributed by atoms with E-state index in [1.54, 1.807) is 0 Å². The first kappa shape index (κ1) is 15.9. The highest BCUT2D eigenvalue weighted by Gasteiger charge is 2.15. The highest BCUT2D eigenvalue weighted by molar-refractivity contribution is 7.90. The van der Waals surface area contributed by atoms with Gasteiger partial charge in [-0.2, -0.15) is 0 Å². The SMILES string of the molecule is CC(=O)OCC(CCS(C)(=O)=O)COC(C)=O. The Kier molecular flexibility index (Phi) is 6.79. The molecule has 0 N–H and O–H groups in total. The Morgan fingerprint density at radius 3 is 1.76 bits per heavy atom. The summed E-state index contributed by atoms with van der Waals surface area (Å²) in [6, 6.07) is 0. The van der Waals surface area contributed by atoms with Crippen molar-refractivity contribution < 1.29 is 27.5 Å². The molecule has 0 atom stereocenters. The van der Waals surface area contributed by atoms with Gasteiger partial charge in [-0.05, 0) is 6.42 Å². The molecule has 0 radical (unpaired) electrons. The van der Waals surface area contributed by atoms with Crippen molar-refractivity contribution in [3.63, 3.8) is 0 Å². The van der Waals surface area contributed by atoms with Gasteiger partial charge in [0.1, 0.15) is 9.84 Å². The van der Waals surface area contributed by atoms with Crippen LogP contribution < -0.4 is 0 Å². The number of ether oxygens (including phenoxy) is 2. The second-order valence-corrected chi connectivity index (χ2v) is 6.15. The molecule has 0 aliphatic carbocycles. The van der Waals surface area contributed by atoms with Gasteiger partial charge in [0.15, 0.2) is 0 Å². The van der Waals surface area contributed by atoms with Gasteiger partial charge >= 0.3 is 11.9 Å². The Morgan fingerprint density at radius 2 is 1.47 bits per heavy atom. The molecule has 100 valence electrons. The van der Waals surface area contributed by atoms with Gasteiger partial charge in [0, 0.05) is 26.0 Å². The minimum Gasteiger partial charge on any atom is -0.465 e. The predicted molar refractivity (Wildman–Crippen MR) is 61.1 cm³/mol. The van der Waals surface area contributed by atoms with Gasteiger partial charge in [-0.15, -0.1) is 0 Å². The Labute approximate surface area is 101 Å². The third-order valence-corrected chi connectivity index (χ3v) is 2.92. The lowest BCUT2D eigenvalue weighted by molar-refractivity contribution is -0.146. The van der Waals surface area contributed by atoms with E-state index in [2.05, 4.69) is 0 Å². The quantitative estimate of drug-likeness (QED) is 0.610. The number of hydrogen-bond donors (Lipinski definition) is 0. The van der Waals surface area contributed by atoms with E-state index < -0.39 is 21.8 Å². The van der Waals surface area contributed by atoms with Gasteiger partial charge in [-0.1, -0.05) is 0 Å². The predicted octanol–water partition coefficient (Wildman–Crippen LogP) is 0.163. The molecule has 0 saturated heterocycles. The molecule has 0 spiro atoms. The summed E-state index contributed by atoms with van der Waals surface area (Å²) in [6.45, 7) is 2.63. The summed E-state index contributed by atoms with van der Waals surface area (Å²) in [5.74, 6) is -1.22. The Balaban J connectivity index is 4.19. The maximum Gasteiger partial charge on any atom is 0.302 e. The molecule has 6 nitrogen and oxygen atoms in total. The van der Waals surface area contributed by atoms with Crippen LogP contribution in [0.3, 0.4) is 0 Å². The lowest BCUT2D eigenvalue weighted by atomic mass is 10.1. The summed E-state index contributed by atoms with van der Waals surface area (Å²) in [5.41, 5.74) is 0. The fraction of sp³-hybridized carbons (Fsp3) is 0.800.